The number of rotatable bonds is 4. The molecule has 1 aromatic rings. The minimum Gasteiger partial charge on any atom is -0.454 e. The Bertz CT molecular complexity index is 487. The molecule has 6 heteroatoms. The van der Waals surface area contributed by atoms with Crippen LogP contribution in [0.15, 0.2) is 18.2 Å². The minimum absolute atomic E-state index is 0.0591. The third-order valence-corrected chi connectivity index (χ3v) is 3.48. The zero-order valence-electron chi connectivity index (χ0n) is 11.3. The van der Waals surface area contributed by atoms with Crippen molar-refractivity contribution in [3.05, 3.63) is 23.8 Å². The Morgan fingerprint density at radius 2 is 2.20 bits per heavy atom. The van der Waals surface area contributed by atoms with Crippen molar-refractivity contribution >= 4 is 5.91 Å². The SMILES string of the molecule is O=C(CC1CNCCN1)NCc1ccc2c(c1)OCO2. The summed E-state index contributed by atoms with van der Waals surface area (Å²) < 4.78 is 10.6. The van der Waals surface area contributed by atoms with Gasteiger partial charge in [0.05, 0.1) is 0 Å². The van der Waals surface area contributed by atoms with Crippen LogP contribution in [0.2, 0.25) is 0 Å². The lowest BCUT2D eigenvalue weighted by Gasteiger charge is -2.23. The lowest BCUT2D eigenvalue weighted by molar-refractivity contribution is -0.121. The fourth-order valence-electron chi connectivity index (χ4n) is 2.40. The Kier molecular flexibility index (Phi) is 4.03. The van der Waals surface area contributed by atoms with E-state index in [1.165, 1.54) is 0 Å². The van der Waals surface area contributed by atoms with E-state index in [9.17, 15) is 4.79 Å². The number of carbonyl (C=O) groups is 1. The van der Waals surface area contributed by atoms with Crippen molar-refractivity contribution in [2.24, 2.45) is 0 Å². The Labute approximate surface area is 117 Å². The van der Waals surface area contributed by atoms with E-state index in [-0.39, 0.29) is 18.7 Å². The van der Waals surface area contributed by atoms with Crippen molar-refractivity contribution in [3.63, 3.8) is 0 Å². The van der Waals surface area contributed by atoms with Gasteiger partial charge in [-0.15, -0.1) is 0 Å². The van der Waals surface area contributed by atoms with Crippen LogP contribution >= 0.6 is 0 Å². The summed E-state index contributed by atoms with van der Waals surface area (Å²) in [6, 6.07) is 5.94. The van der Waals surface area contributed by atoms with Crippen LogP contribution in [0.3, 0.4) is 0 Å². The second-order valence-electron chi connectivity index (χ2n) is 5.02. The summed E-state index contributed by atoms with van der Waals surface area (Å²) in [5.74, 6) is 1.57. The van der Waals surface area contributed by atoms with Gasteiger partial charge in [0.15, 0.2) is 11.5 Å². The molecule has 0 aromatic heterocycles. The zero-order chi connectivity index (χ0) is 13.8. The van der Waals surface area contributed by atoms with Gasteiger partial charge in [-0.3, -0.25) is 4.79 Å². The fraction of sp³-hybridized carbons (Fsp3) is 0.500. The molecule has 3 rings (SSSR count). The number of nitrogens with one attached hydrogen (secondary N) is 3. The summed E-state index contributed by atoms with van der Waals surface area (Å²) in [7, 11) is 0. The molecule has 1 unspecified atom stereocenters. The highest BCUT2D eigenvalue weighted by molar-refractivity contribution is 5.76. The van der Waals surface area contributed by atoms with Crippen LogP contribution in [0.5, 0.6) is 11.5 Å². The fourth-order valence-corrected chi connectivity index (χ4v) is 2.40. The van der Waals surface area contributed by atoms with E-state index in [0.717, 1.165) is 36.7 Å². The summed E-state index contributed by atoms with van der Waals surface area (Å²) in [4.78, 5) is 11.9. The normalized spacial score (nSPS) is 20.7. The van der Waals surface area contributed by atoms with E-state index in [4.69, 9.17) is 9.47 Å². The molecule has 0 saturated carbocycles. The number of piperazine rings is 1. The average molecular weight is 277 g/mol. The van der Waals surface area contributed by atoms with Crippen LogP contribution in [0, 0.1) is 0 Å². The standard InChI is InChI=1S/C14H19N3O3/c18-14(6-11-8-15-3-4-16-11)17-7-10-1-2-12-13(5-10)20-9-19-12/h1-2,5,11,15-16H,3-4,6-9H2,(H,17,18). The van der Waals surface area contributed by atoms with Crippen LogP contribution in [-0.4, -0.2) is 38.4 Å². The highest BCUT2D eigenvalue weighted by Gasteiger charge is 2.16. The number of carbonyl (C=O) groups excluding carboxylic acids is 1. The molecular weight excluding hydrogens is 258 g/mol. The van der Waals surface area contributed by atoms with Crippen molar-refractivity contribution in [1.82, 2.24) is 16.0 Å². The molecule has 0 radical (unpaired) electrons. The summed E-state index contributed by atoms with van der Waals surface area (Å²) in [6.07, 6.45) is 0.498. The van der Waals surface area contributed by atoms with Gasteiger partial charge in [-0.2, -0.15) is 0 Å². The van der Waals surface area contributed by atoms with E-state index >= 15 is 0 Å². The molecule has 1 saturated heterocycles. The topological polar surface area (TPSA) is 71.6 Å². The molecular formula is C14H19N3O3. The summed E-state index contributed by atoms with van der Waals surface area (Å²) in [5, 5.41) is 9.53. The summed E-state index contributed by atoms with van der Waals surface area (Å²) in [5.41, 5.74) is 1.01. The first kappa shape index (κ1) is 13.2. The second-order valence-corrected chi connectivity index (χ2v) is 5.02. The maximum atomic E-state index is 11.9. The molecule has 2 aliphatic heterocycles. The molecule has 3 N–H and O–H groups in total. The molecule has 6 nitrogen and oxygen atoms in total. The first-order valence-corrected chi connectivity index (χ1v) is 6.90. The molecule has 0 spiro atoms. The predicted octanol–water partition coefficient (Wildman–Crippen LogP) is -0.0170. The Hall–Kier alpha value is -1.79. The monoisotopic (exact) mass is 277 g/mol. The first-order chi connectivity index (χ1) is 9.81. The summed E-state index contributed by atoms with van der Waals surface area (Å²) in [6.45, 7) is 3.51. The lowest BCUT2D eigenvalue weighted by Crippen LogP contribution is -2.50. The van der Waals surface area contributed by atoms with Gasteiger partial charge in [0.1, 0.15) is 0 Å². The molecule has 1 atom stereocenters. The van der Waals surface area contributed by atoms with Crippen molar-refractivity contribution < 1.29 is 14.3 Å². The van der Waals surface area contributed by atoms with Gasteiger partial charge in [-0.1, -0.05) is 6.07 Å². The van der Waals surface area contributed by atoms with Crippen LogP contribution in [-0.2, 0) is 11.3 Å². The van der Waals surface area contributed by atoms with Gasteiger partial charge in [-0.05, 0) is 17.7 Å². The summed E-state index contributed by atoms with van der Waals surface area (Å²) >= 11 is 0. The smallest absolute Gasteiger partial charge is 0.231 e. The lowest BCUT2D eigenvalue weighted by atomic mass is 10.1. The van der Waals surface area contributed by atoms with Crippen molar-refractivity contribution in [2.75, 3.05) is 26.4 Å². The molecule has 1 amide bonds. The molecule has 0 aliphatic carbocycles. The number of hydrogen-bond donors (Lipinski definition) is 3. The van der Waals surface area contributed by atoms with Crippen molar-refractivity contribution in [3.8, 4) is 11.5 Å². The van der Waals surface area contributed by atoms with Crippen LogP contribution in [0.4, 0.5) is 0 Å². The Morgan fingerprint density at radius 1 is 1.30 bits per heavy atom. The maximum Gasteiger partial charge on any atom is 0.231 e. The highest BCUT2D eigenvalue weighted by atomic mass is 16.7. The van der Waals surface area contributed by atoms with Crippen LogP contribution < -0.4 is 25.4 Å². The molecule has 1 fully saturated rings. The number of benzene rings is 1. The van der Waals surface area contributed by atoms with E-state index in [0.29, 0.717) is 13.0 Å². The number of fused-ring (bicyclic) bond motifs is 1. The minimum atomic E-state index is 0.0591. The zero-order valence-corrected chi connectivity index (χ0v) is 11.3. The van der Waals surface area contributed by atoms with Gasteiger partial charge >= 0.3 is 0 Å². The second kappa shape index (κ2) is 6.11. The largest absolute Gasteiger partial charge is 0.454 e. The van der Waals surface area contributed by atoms with E-state index in [1.54, 1.807) is 0 Å². The first-order valence-electron chi connectivity index (χ1n) is 6.90. The quantitative estimate of drug-likeness (QED) is 0.721. The predicted molar refractivity (Wildman–Crippen MR) is 73.7 cm³/mol. The average Bonchev–Trinajstić information content (AvgIpc) is 2.93. The van der Waals surface area contributed by atoms with E-state index in [1.807, 2.05) is 18.2 Å². The number of ether oxygens (including phenoxy) is 2. The van der Waals surface area contributed by atoms with Crippen LogP contribution in [0.1, 0.15) is 12.0 Å². The molecule has 2 aliphatic rings. The number of amides is 1. The van der Waals surface area contributed by atoms with Gasteiger partial charge in [0.2, 0.25) is 12.7 Å². The van der Waals surface area contributed by atoms with Crippen LogP contribution in [0.25, 0.3) is 0 Å². The maximum absolute atomic E-state index is 11.9. The molecule has 20 heavy (non-hydrogen) atoms. The van der Waals surface area contributed by atoms with Gasteiger partial charge in [-0.25, -0.2) is 0 Å². The van der Waals surface area contributed by atoms with Gasteiger partial charge < -0.3 is 25.4 Å². The highest BCUT2D eigenvalue weighted by Crippen LogP contribution is 2.32. The molecule has 108 valence electrons. The Balaban J connectivity index is 1.47. The van der Waals surface area contributed by atoms with Crippen molar-refractivity contribution in [1.29, 1.82) is 0 Å². The third kappa shape index (κ3) is 3.20. The number of hydrogen-bond acceptors (Lipinski definition) is 5. The van der Waals surface area contributed by atoms with Gasteiger partial charge in [0, 0.05) is 38.6 Å². The molecule has 0 bridgehead atoms. The molecule has 2 heterocycles. The van der Waals surface area contributed by atoms with Crippen molar-refractivity contribution in [2.45, 2.75) is 19.0 Å². The van der Waals surface area contributed by atoms with E-state index < -0.39 is 0 Å². The van der Waals surface area contributed by atoms with E-state index in [2.05, 4.69) is 16.0 Å². The Morgan fingerprint density at radius 3 is 3.05 bits per heavy atom. The molecule has 1 aromatic carbocycles. The third-order valence-electron chi connectivity index (χ3n) is 3.48. The van der Waals surface area contributed by atoms with Gasteiger partial charge in [0.25, 0.3) is 0 Å².